The van der Waals surface area contributed by atoms with Crippen molar-refractivity contribution in [3.8, 4) is 17.2 Å². The van der Waals surface area contributed by atoms with Crippen LogP contribution in [0.1, 0.15) is 49.8 Å². The summed E-state index contributed by atoms with van der Waals surface area (Å²) in [5.41, 5.74) is 6.22. The molecule has 0 N–H and O–H groups in total. The summed E-state index contributed by atoms with van der Waals surface area (Å²) in [7, 11) is 3.86. The van der Waals surface area contributed by atoms with Crippen molar-refractivity contribution in [2.75, 3.05) is 19.1 Å². The fourth-order valence-corrected chi connectivity index (χ4v) is 4.40. The van der Waals surface area contributed by atoms with Crippen molar-refractivity contribution in [3.05, 3.63) is 77.4 Å². The predicted molar refractivity (Wildman–Crippen MR) is 133 cm³/mol. The number of ether oxygens (including phenoxy) is 2. The average Bonchev–Trinajstić information content (AvgIpc) is 2.78. The number of benzene rings is 3. The lowest BCUT2D eigenvalue weighted by atomic mass is 9.79. The topological polar surface area (TPSA) is 34.1 Å². The van der Waals surface area contributed by atoms with E-state index in [0.29, 0.717) is 5.92 Å². The molecule has 0 bridgehead atoms. The summed E-state index contributed by atoms with van der Waals surface area (Å²) >= 11 is 0. The first kappa shape index (κ1) is 21.9. The van der Waals surface area contributed by atoms with Crippen LogP contribution in [0, 0.1) is 6.92 Å². The van der Waals surface area contributed by atoms with Gasteiger partial charge in [0.2, 0.25) is 0 Å². The molecule has 0 unspecified atom stereocenters. The van der Waals surface area contributed by atoms with Crippen molar-refractivity contribution >= 4 is 17.6 Å². The molecule has 1 aliphatic rings. The highest BCUT2D eigenvalue weighted by atomic mass is 16.5. The number of nitrogens with zero attached hydrogens (tertiary/aromatic N) is 2. The van der Waals surface area contributed by atoms with Gasteiger partial charge in [0.05, 0.1) is 12.8 Å². The van der Waals surface area contributed by atoms with Crippen LogP contribution in [0.3, 0.4) is 0 Å². The lowest BCUT2D eigenvalue weighted by Crippen LogP contribution is -2.45. The zero-order valence-corrected chi connectivity index (χ0v) is 19.8. The molecule has 0 amide bonds. The highest BCUT2D eigenvalue weighted by molar-refractivity contribution is 5.86. The molecule has 0 fully saturated rings. The first-order chi connectivity index (χ1) is 15.3. The van der Waals surface area contributed by atoms with Crippen LogP contribution >= 0.6 is 0 Å². The first-order valence-electron chi connectivity index (χ1n) is 11.1. The Morgan fingerprint density at radius 2 is 1.56 bits per heavy atom. The van der Waals surface area contributed by atoms with Crippen LogP contribution in [0.5, 0.6) is 17.2 Å². The van der Waals surface area contributed by atoms with Gasteiger partial charge in [0.25, 0.3) is 0 Å². The van der Waals surface area contributed by atoms with E-state index >= 15 is 0 Å². The summed E-state index contributed by atoms with van der Waals surface area (Å²) < 4.78 is 11.1. The van der Waals surface area contributed by atoms with Gasteiger partial charge < -0.3 is 14.4 Å². The molecule has 3 aromatic rings. The Morgan fingerprint density at radius 3 is 2.19 bits per heavy atom. The van der Waals surface area contributed by atoms with E-state index in [0.717, 1.165) is 29.4 Å². The van der Waals surface area contributed by atoms with Crippen molar-refractivity contribution in [1.82, 2.24) is 0 Å². The van der Waals surface area contributed by atoms with E-state index in [1.54, 1.807) is 7.11 Å². The zero-order valence-electron chi connectivity index (χ0n) is 19.8. The summed E-state index contributed by atoms with van der Waals surface area (Å²) in [4.78, 5) is 7.13. The number of anilines is 1. The second-order valence-corrected chi connectivity index (χ2v) is 9.27. The molecule has 4 nitrogen and oxygen atoms in total. The van der Waals surface area contributed by atoms with Gasteiger partial charge in [0.15, 0.2) is 0 Å². The monoisotopic (exact) mass is 428 g/mol. The quantitative estimate of drug-likeness (QED) is 0.401. The Bertz CT molecular complexity index is 1120. The van der Waals surface area contributed by atoms with Crippen LogP contribution in [-0.2, 0) is 0 Å². The largest absolute Gasteiger partial charge is 0.497 e. The number of aryl methyl sites for hydroxylation is 1. The Kier molecular flexibility index (Phi) is 5.96. The Balaban J connectivity index is 1.50. The predicted octanol–water partition coefficient (Wildman–Crippen LogP) is 7.27. The third kappa shape index (κ3) is 4.50. The van der Waals surface area contributed by atoms with Crippen molar-refractivity contribution in [3.63, 3.8) is 0 Å². The van der Waals surface area contributed by atoms with Gasteiger partial charge in [-0.25, -0.2) is 0 Å². The van der Waals surface area contributed by atoms with Gasteiger partial charge in [-0.3, -0.25) is 4.99 Å². The van der Waals surface area contributed by atoms with Gasteiger partial charge >= 0.3 is 0 Å². The van der Waals surface area contributed by atoms with Crippen molar-refractivity contribution in [2.45, 2.75) is 45.6 Å². The molecule has 3 aromatic carbocycles. The van der Waals surface area contributed by atoms with Gasteiger partial charge in [0.1, 0.15) is 17.2 Å². The van der Waals surface area contributed by atoms with Crippen LogP contribution in [0.2, 0.25) is 0 Å². The molecule has 166 valence electrons. The zero-order chi connectivity index (χ0) is 22.9. The molecule has 0 aromatic heterocycles. The second-order valence-electron chi connectivity index (χ2n) is 9.27. The minimum atomic E-state index is 0.171. The molecule has 4 rings (SSSR count). The van der Waals surface area contributed by atoms with Crippen molar-refractivity contribution in [2.24, 2.45) is 4.99 Å². The smallest absolute Gasteiger partial charge is 0.127 e. The van der Waals surface area contributed by atoms with Crippen molar-refractivity contribution < 1.29 is 9.47 Å². The molecule has 0 spiro atoms. The maximum atomic E-state index is 5.90. The Hall–Kier alpha value is -3.27. The summed E-state index contributed by atoms with van der Waals surface area (Å²) in [6.45, 7) is 9.12. The van der Waals surface area contributed by atoms with Gasteiger partial charge in [0, 0.05) is 24.5 Å². The fraction of sp³-hybridized carbons (Fsp3) is 0.321. The summed E-state index contributed by atoms with van der Waals surface area (Å²) in [6, 6.07) is 20.0. The lowest BCUT2D eigenvalue weighted by molar-refractivity contribution is 0.395. The standard InChI is InChI=1S/C28H32N2O2/c1-19-15-27-26(20(2)17-28(3,4)30(27)5)16-21(19)18-29-22-7-9-24(10-8-22)32-25-13-11-23(31-6)12-14-25/h7-16,18,20H,17H2,1-6H3/t20-/m1/s1. The Morgan fingerprint density at radius 1 is 0.969 bits per heavy atom. The summed E-state index contributed by atoms with van der Waals surface area (Å²) in [5.74, 6) is 2.88. The van der Waals surface area contributed by atoms with E-state index in [1.807, 2.05) is 54.7 Å². The van der Waals surface area contributed by atoms with Crippen molar-refractivity contribution in [1.29, 1.82) is 0 Å². The van der Waals surface area contributed by atoms with Crippen LogP contribution in [-0.4, -0.2) is 25.9 Å². The normalized spacial score (nSPS) is 17.3. The maximum Gasteiger partial charge on any atom is 0.127 e. The molecule has 0 radical (unpaired) electrons. The van der Waals surface area contributed by atoms with Crippen LogP contribution in [0.25, 0.3) is 0 Å². The first-order valence-corrected chi connectivity index (χ1v) is 11.1. The number of fused-ring (bicyclic) bond motifs is 1. The molecule has 4 heteroatoms. The number of hydrogen-bond donors (Lipinski definition) is 0. The third-order valence-electron chi connectivity index (χ3n) is 6.51. The minimum absolute atomic E-state index is 0.171. The van der Waals surface area contributed by atoms with Gasteiger partial charge in [-0.1, -0.05) is 6.92 Å². The molecular weight excluding hydrogens is 396 g/mol. The van der Waals surface area contributed by atoms with E-state index in [1.165, 1.54) is 22.4 Å². The average molecular weight is 429 g/mol. The lowest BCUT2D eigenvalue weighted by Gasteiger charge is -2.45. The number of methoxy groups -OCH3 is 1. The molecule has 1 aliphatic heterocycles. The molecule has 1 heterocycles. The Labute approximate surface area is 191 Å². The highest BCUT2D eigenvalue weighted by Gasteiger charge is 2.34. The summed E-state index contributed by atoms with van der Waals surface area (Å²) in [5, 5.41) is 0. The second kappa shape index (κ2) is 8.70. The van der Waals surface area contributed by atoms with E-state index in [2.05, 4.69) is 51.8 Å². The van der Waals surface area contributed by atoms with E-state index in [-0.39, 0.29) is 5.54 Å². The van der Waals surface area contributed by atoms with Gasteiger partial charge in [-0.2, -0.15) is 0 Å². The van der Waals surface area contributed by atoms with E-state index in [9.17, 15) is 0 Å². The van der Waals surface area contributed by atoms with Crippen LogP contribution in [0.4, 0.5) is 11.4 Å². The molecular formula is C28H32N2O2. The number of hydrogen-bond acceptors (Lipinski definition) is 4. The van der Waals surface area contributed by atoms with Crippen LogP contribution in [0.15, 0.2) is 65.7 Å². The number of rotatable bonds is 5. The summed E-state index contributed by atoms with van der Waals surface area (Å²) in [6.07, 6.45) is 3.12. The molecule has 0 saturated carbocycles. The molecule has 0 aliphatic carbocycles. The minimum Gasteiger partial charge on any atom is -0.497 e. The highest BCUT2D eigenvalue weighted by Crippen LogP contribution is 2.43. The third-order valence-corrected chi connectivity index (χ3v) is 6.51. The van der Waals surface area contributed by atoms with Gasteiger partial charge in [-0.05, 0) is 110 Å². The maximum absolute atomic E-state index is 5.90. The van der Waals surface area contributed by atoms with E-state index < -0.39 is 0 Å². The number of aliphatic imine (C=N–C) groups is 1. The van der Waals surface area contributed by atoms with Crippen LogP contribution < -0.4 is 14.4 Å². The molecule has 0 saturated heterocycles. The molecule has 32 heavy (non-hydrogen) atoms. The van der Waals surface area contributed by atoms with E-state index in [4.69, 9.17) is 14.5 Å². The van der Waals surface area contributed by atoms with Gasteiger partial charge in [-0.15, -0.1) is 0 Å². The SMILES string of the molecule is COc1ccc(Oc2ccc(N=Cc3cc4c(cc3C)N(C)C(C)(C)C[C@H]4C)cc2)cc1. The fourth-order valence-electron chi connectivity index (χ4n) is 4.40. The molecule has 1 atom stereocenters.